The zero-order valence-electron chi connectivity index (χ0n) is 23.7. The van der Waals surface area contributed by atoms with Gasteiger partial charge in [0.25, 0.3) is 0 Å². The molecular weight excluding hydrogens is 520 g/mol. The van der Waals surface area contributed by atoms with E-state index in [0.29, 0.717) is 67.1 Å². The first-order valence-electron chi connectivity index (χ1n) is 13.1. The van der Waals surface area contributed by atoms with Crippen molar-refractivity contribution in [2.75, 3.05) is 49.2 Å². The Bertz CT molecular complexity index is 1190. The largest absolute Gasteiger partial charge is 0.487 e. The Morgan fingerprint density at radius 1 is 0.975 bits per heavy atom. The van der Waals surface area contributed by atoms with Crippen LogP contribution in [0.5, 0.6) is 5.75 Å². The summed E-state index contributed by atoms with van der Waals surface area (Å²) in [5.41, 5.74) is -0.639. The molecule has 0 radical (unpaired) electrons. The van der Waals surface area contributed by atoms with Gasteiger partial charge in [-0.3, -0.25) is 4.79 Å². The van der Waals surface area contributed by atoms with Crippen molar-refractivity contribution in [1.29, 1.82) is 0 Å². The molecule has 2 aromatic heterocycles. The summed E-state index contributed by atoms with van der Waals surface area (Å²) in [5, 5.41) is 0. The molecule has 0 saturated carbocycles. The average Bonchev–Trinajstić information content (AvgIpc) is 2.84. The number of pyridine rings is 1. The molecule has 13 heteroatoms. The second-order valence-electron chi connectivity index (χ2n) is 11.5. The van der Waals surface area contributed by atoms with Crippen molar-refractivity contribution >= 4 is 30.4 Å². The van der Waals surface area contributed by atoms with Crippen LogP contribution >= 0.6 is 0 Å². The fourth-order valence-electron chi connectivity index (χ4n) is 3.91. The van der Waals surface area contributed by atoms with E-state index in [-0.39, 0.29) is 12.1 Å². The van der Waals surface area contributed by atoms with Crippen LogP contribution < -0.4 is 14.5 Å². The highest BCUT2D eigenvalue weighted by Gasteiger charge is 2.34. The Morgan fingerprint density at radius 3 is 2.08 bits per heavy atom. The number of nitrogens with zero attached hydrogens (tertiary/aromatic N) is 6. The Kier molecular flexibility index (Phi) is 8.43. The van der Waals surface area contributed by atoms with Crippen molar-refractivity contribution in [3.05, 3.63) is 24.5 Å². The van der Waals surface area contributed by atoms with Crippen molar-refractivity contribution in [3.63, 3.8) is 0 Å². The fourth-order valence-corrected chi connectivity index (χ4v) is 3.91. The van der Waals surface area contributed by atoms with E-state index in [1.54, 1.807) is 52.5 Å². The van der Waals surface area contributed by atoms with Gasteiger partial charge in [0.2, 0.25) is 12.4 Å². The van der Waals surface area contributed by atoms with Gasteiger partial charge in [-0.05, 0) is 41.5 Å². The quantitative estimate of drug-likeness (QED) is 0.485. The zero-order chi connectivity index (χ0) is 29.1. The van der Waals surface area contributed by atoms with Crippen LogP contribution in [0.3, 0.4) is 0 Å². The lowest BCUT2D eigenvalue weighted by Gasteiger charge is -2.36. The smallest absolute Gasteiger partial charge is 0.427 e. The molecule has 0 spiro atoms. The van der Waals surface area contributed by atoms with E-state index in [0.717, 1.165) is 6.41 Å². The van der Waals surface area contributed by atoms with Crippen molar-refractivity contribution in [3.8, 4) is 17.0 Å². The summed E-state index contributed by atoms with van der Waals surface area (Å²) < 4.78 is 22.4. The maximum Gasteiger partial charge on any atom is 0.427 e. The summed E-state index contributed by atoms with van der Waals surface area (Å²) in [6, 6.07) is 3.63. The van der Waals surface area contributed by atoms with Gasteiger partial charge in [-0.2, -0.15) is 0 Å². The Hall–Kier alpha value is -4.00. The molecule has 0 aromatic carbocycles. The number of likely N-dealkylation sites (tertiary alicyclic amines) is 1. The molecule has 3 amide bonds. The second kappa shape index (κ2) is 11.6. The maximum absolute atomic E-state index is 12.9. The third-order valence-electron chi connectivity index (χ3n) is 5.73. The van der Waals surface area contributed by atoms with Crippen molar-refractivity contribution in [2.24, 2.45) is 0 Å². The summed E-state index contributed by atoms with van der Waals surface area (Å²) in [6.45, 7) is 13.7. The normalized spacial score (nSPS) is 16.1. The molecule has 2 fully saturated rings. The van der Waals surface area contributed by atoms with Crippen LogP contribution in [0, 0.1) is 0 Å². The van der Waals surface area contributed by atoms with Gasteiger partial charge < -0.3 is 28.7 Å². The molecule has 216 valence electrons. The van der Waals surface area contributed by atoms with Crippen LogP contribution in [-0.4, -0.2) is 95.1 Å². The molecule has 2 saturated heterocycles. The van der Waals surface area contributed by atoms with Gasteiger partial charge in [0.15, 0.2) is 0 Å². The van der Waals surface area contributed by atoms with Gasteiger partial charge in [0.05, 0.1) is 32.0 Å². The minimum absolute atomic E-state index is 0.118. The molecule has 2 aliphatic rings. The number of anilines is 2. The van der Waals surface area contributed by atoms with Crippen LogP contribution in [0.4, 0.5) is 21.4 Å². The Balaban J connectivity index is 1.63. The minimum Gasteiger partial charge on any atom is -0.487 e. The van der Waals surface area contributed by atoms with Gasteiger partial charge in [-0.25, -0.2) is 24.5 Å². The van der Waals surface area contributed by atoms with Crippen LogP contribution in [0.2, 0.25) is 0 Å². The molecule has 0 N–H and O–H groups in total. The molecule has 0 unspecified atom stereocenters. The molecule has 13 nitrogen and oxygen atoms in total. The van der Waals surface area contributed by atoms with Crippen LogP contribution in [-0.2, 0) is 19.0 Å². The summed E-state index contributed by atoms with van der Waals surface area (Å²) in [6.07, 6.45) is 1.71. The topological polar surface area (TPSA) is 137 Å². The van der Waals surface area contributed by atoms with Crippen molar-refractivity contribution in [2.45, 2.75) is 58.8 Å². The van der Waals surface area contributed by atoms with E-state index in [2.05, 4.69) is 14.9 Å². The summed E-state index contributed by atoms with van der Waals surface area (Å²) >= 11 is 0. The van der Waals surface area contributed by atoms with E-state index in [4.69, 9.17) is 23.9 Å². The molecular formula is C27H36N6O7. The molecule has 0 aliphatic carbocycles. The number of hydrogen-bond acceptors (Lipinski definition) is 11. The first-order valence-corrected chi connectivity index (χ1v) is 13.1. The number of rotatable bonds is 6. The molecule has 40 heavy (non-hydrogen) atoms. The Labute approximate surface area is 233 Å². The first kappa shape index (κ1) is 29.0. The number of ether oxygens (including phenoxy) is 4. The highest BCUT2D eigenvalue weighted by molar-refractivity contribution is 6.08. The van der Waals surface area contributed by atoms with E-state index >= 15 is 0 Å². The van der Waals surface area contributed by atoms with E-state index in [1.807, 2.05) is 6.07 Å². The standard InChI is InChI=1S/C27H36N6O7/c1-26(2,3)39-24(35)33(25(36)40-27(4,5)6)23-28-13-18(14-29-23)21-11-19(38-20-15-31(16-20)17-34)12-22(30-21)32-7-9-37-10-8-32/h11-14,17,20H,7-10,15-16H2,1-6H3. The van der Waals surface area contributed by atoms with Gasteiger partial charge in [0.1, 0.15) is 28.9 Å². The summed E-state index contributed by atoms with van der Waals surface area (Å²) in [7, 11) is 0. The summed E-state index contributed by atoms with van der Waals surface area (Å²) in [5.74, 6) is 1.10. The SMILES string of the molecule is CC(C)(C)OC(=O)N(C(=O)OC(C)(C)C)c1ncc(-c2cc(OC3CN(C=O)C3)cc(N3CCOCC3)n2)cn1. The third-order valence-corrected chi connectivity index (χ3v) is 5.73. The monoisotopic (exact) mass is 556 g/mol. The summed E-state index contributed by atoms with van der Waals surface area (Å²) in [4.78, 5) is 54.6. The number of amides is 3. The molecule has 2 aliphatic heterocycles. The molecule has 2 aromatic rings. The first-order chi connectivity index (χ1) is 18.8. The average molecular weight is 557 g/mol. The number of carbonyl (C=O) groups excluding carboxylic acids is 3. The van der Waals surface area contributed by atoms with Crippen molar-refractivity contribution < 1.29 is 33.3 Å². The predicted octanol–water partition coefficient (Wildman–Crippen LogP) is 3.27. The fraction of sp³-hybridized carbons (Fsp3) is 0.556. The number of morpholine rings is 1. The van der Waals surface area contributed by atoms with Crippen LogP contribution in [0.25, 0.3) is 11.3 Å². The molecule has 0 atom stereocenters. The minimum atomic E-state index is -0.956. The van der Waals surface area contributed by atoms with Crippen molar-refractivity contribution in [1.82, 2.24) is 19.9 Å². The van der Waals surface area contributed by atoms with E-state index < -0.39 is 23.4 Å². The lowest BCUT2D eigenvalue weighted by Crippen LogP contribution is -2.52. The third kappa shape index (κ3) is 7.56. The molecule has 4 heterocycles. The van der Waals surface area contributed by atoms with Gasteiger partial charge in [-0.1, -0.05) is 0 Å². The lowest BCUT2D eigenvalue weighted by atomic mass is 10.1. The van der Waals surface area contributed by atoms with Crippen LogP contribution in [0.1, 0.15) is 41.5 Å². The molecule has 4 rings (SSSR count). The van der Waals surface area contributed by atoms with Crippen LogP contribution in [0.15, 0.2) is 24.5 Å². The highest BCUT2D eigenvalue weighted by atomic mass is 16.6. The number of aromatic nitrogens is 3. The van der Waals surface area contributed by atoms with E-state index in [9.17, 15) is 14.4 Å². The maximum atomic E-state index is 12.9. The number of carbonyl (C=O) groups is 3. The highest BCUT2D eigenvalue weighted by Crippen LogP contribution is 2.29. The number of hydrogen-bond donors (Lipinski definition) is 0. The zero-order valence-corrected chi connectivity index (χ0v) is 23.7. The van der Waals surface area contributed by atoms with Gasteiger partial charge >= 0.3 is 12.2 Å². The lowest BCUT2D eigenvalue weighted by molar-refractivity contribution is -0.126. The number of imide groups is 1. The molecule has 0 bridgehead atoms. The van der Waals surface area contributed by atoms with Gasteiger partial charge in [-0.15, -0.1) is 4.90 Å². The van der Waals surface area contributed by atoms with E-state index in [1.165, 1.54) is 12.4 Å². The second-order valence-corrected chi connectivity index (χ2v) is 11.5. The predicted molar refractivity (Wildman–Crippen MR) is 145 cm³/mol. The Morgan fingerprint density at radius 2 is 1.55 bits per heavy atom. The van der Waals surface area contributed by atoms with Gasteiger partial charge in [0, 0.05) is 43.2 Å².